The lowest BCUT2D eigenvalue weighted by Crippen LogP contribution is -2.66. The molecule has 0 aromatic heterocycles. The van der Waals surface area contributed by atoms with E-state index in [-0.39, 0.29) is 35.8 Å². The average molecular weight is 377 g/mol. The van der Waals surface area contributed by atoms with Crippen molar-refractivity contribution >= 4 is 23.4 Å². The zero-order valence-corrected chi connectivity index (χ0v) is 15.2. The Bertz CT molecular complexity index is 512. The van der Waals surface area contributed by atoms with Crippen LogP contribution < -0.4 is 10.9 Å². The number of alkyl halides is 2. The number of piperazine rings is 1. The fraction of sp³-hybridized carbons (Fsp3) is 0.875. The molecule has 0 aromatic carbocycles. The molecule has 142 valence electrons. The summed E-state index contributed by atoms with van der Waals surface area (Å²) in [6.45, 7) is 2.38. The number of methoxy groups -OCH3 is 1. The molecule has 2 heterocycles. The van der Waals surface area contributed by atoms with Crippen LogP contribution in [0.3, 0.4) is 0 Å². The SMILES string of the molecule is COC1CC(F)CCC1CN1CCN(C2C(=O)NNCC2Cl)CC1=O. The van der Waals surface area contributed by atoms with Crippen molar-refractivity contribution in [3.05, 3.63) is 0 Å². The number of carbonyl (C=O) groups excluding carboxylic acids is 2. The molecule has 5 atom stereocenters. The summed E-state index contributed by atoms with van der Waals surface area (Å²) in [6.07, 6.45) is 0.707. The third-order valence-electron chi connectivity index (χ3n) is 5.48. The molecule has 0 spiro atoms. The van der Waals surface area contributed by atoms with E-state index in [0.717, 1.165) is 6.42 Å². The minimum absolute atomic E-state index is 0.0151. The Kier molecular flexibility index (Phi) is 6.14. The van der Waals surface area contributed by atoms with E-state index in [1.807, 2.05) is 9.80 Å². The zero-order valence-electron chi connectivity index (χ0n) is 14.4. The third kappa shape index (κ3) is 4.24. The van der Waals surface area contributed by atoms with E-state index in [2.05, 4.69) is 10.9 Å². The Balaban J connectivity index is 1.57. The second kappa shape index (κ2) is 8.16. The normalized spacial score (nSPS) is 37.9. The van der Waals surface area contributed by atoms with Crippen LogP contribution >= 0.6 is 11.6 Å². The Hall–Kier alpha value is -0.960. The Labute approximate surface area is 152 Å². The number of nitrogens with zero attached hydrogens (tertiary/aromatic N) is 2. The van der Waals surface area contributed by atoms with Crippen LogP contribution in [0.2, 0.25) is 0 Å². The number of ether oxygens (including phenoxy) is 1. The van der Waals surface area contributed by atoms with Gasteiger partial charge in [-0.3, -0.25) is 19.9 Å². The van der Waals surface area contributed by atoms with Crippen LogP contribution in [0.4, 0.5) is 4.39 Å². The van der Waals surface area contributed by atoms with Gasteiger partial charge in [-0.05, 0) is 12.8 Å². The van der Waals surface area contributed by atoms with Crippen LogP contribution in [0.5, 0.6) is 0 Å². The summed E-state index contributed by atoms with van der Waals surface area (Å²) in [5.41, 5.74) is 5.32. The molecule has 1 saturated carbocycles. The third-order valence-corrected chi connectivity index (χ3v) is 5.88. The molecular formula is C16H26ClFN4O3. The number of rotatable bonds is 4. The number of amides is 2. The van der Waals surface area contributed by atoms with Crippen molar-refractivity contribution in [2.75, 3.05) is 39.8 Å². The smallest absolute Gasteiger partial charge is 0.253 e. The molecule has 3 aliphatic rings. The van der Waals surface area contributed by atoms with Gasteiger partial charge in [0.2, 0.25) is 5.91 Å². The molecule has 2 N–H and O–H groups in total. The van der Waals surface area contributed by atoms with Crippen LogP contribution in [0.25, 0.3) is 0 Å². The summed E-state index contributed by atoms with van der Waals surface area (Å²) >= 11 is 6.26. The van der Waals surface area contributed by atoms with Crippen molar-refractivity contribution in [1.82, 2.24) is 20.7 Å². The molecule has 25 heavy (non-hydrogen) atoms. The summed E-state index contributed by atoms with van der Waals surface area (Å²) < 4.78 is 19.0. The molecule has 3 rings (SSSR count). The van der Waals surface area contributed by atoms with Gasteiger partial charge in [-0.2, -0.15) is 0 Å². The summed E-state index contributed by atoms with van der Waals surface area (Å²) in [5, 5.41) is -0.370. The fourth-order valence-electron chi connectivity index (χ4n) is 4.06. The summed E-state index contributed by atoms with van der Waals surface area (Å²) in [4.78, 5) is 28.3. The molecule has 0 bridgehead atoms. The van der Waals surface area contributed by atoms with E-state index in [1.165, 1.54) is 0 Å². The first kappa shape index (κ1) is 18.8. The lowest BCUT2D eigenvalue weighted by atomic mass is 9.84. The molecule has 0 aromatic rings. The van der Waals surface area contributed by atoms with Crippen LogP contribution in [0.1, 0.15) is 19.3 Å². The molecule has 2 aliphatic heterocycles. The van der Waals surface area contributed by atoms with Crippen molar-refractivity contribution < 1.29 is 18.7 Å². The standard InChI is InChI=1S/C16H26ClFN4O3/c1-25-13-6-11(18)3-2-10(13)8-21-4-5-22(9-14(21)23)15-12(17)7-19-20-16(15)24/h10-13,15,19H,2-9H2,1H3,(H,20,24). The number of hydrogen-bond acceptors (Lipinski definition) is 5. The van der Waals surface area contributed by atoms with Gasteiger partial charge < -0.3 is 9.64 Å². The topological polar surface area (TPSA) is 73.9 Å². The number of hydrogen-bond donors (Lipinski definition) is 2. The van der Waals surface area contributed by atoms with Crippen LogP contribution in [0.15, 0.2) is 0 Å². The first-order valence-corrected chi connectivity index (χ1v) is 9.28. The molecule has 3 fully saturated rings. The summed E-state index contributed by atoms with van der Waals surface area (Å²) in [7, 11) is 1.60. The first-order valence-electron chi connectivity index (χ1n) is 8.85. The minimum atomic E-state index is -0.812. The highest BCUT2D eigenvalue weighted by molar-refractivity contribution is 6.23. The van der Waals surface area contributed by atoms with E-state index >= 15 is 0 Å². The molecule has 5 unspecified atom stereocenters. The summed E-state index contributed by atoms with van der Waals surface area (Å²) in [5.74, 6) is -0.0534. The quantitative estimate of drug-likeness (QED) is 0.670. The van der Waals surface area contributed by atoms with Crippen molar-refractivity contribution in [3.8, 4) is 0 Å². The Morgan fingerprint density at radius 2 is 2.12 bits per heavy atom. The molecule has 1 aliphatic carbocycles. The predicted octanol–water partition coefficient (Wildman–Crippen LogP) is -0.106. The largest absolute Gasteiger partial charge is 0.381 e. The number of halogens is 2. The maximum Gasteiger partial charge on any atom is 0.253 e. The lowest BCUT2D eigenvalue weighted by molar-refractivity contribution is -0.142. The molecule has 2 saturated heterocycles. The van der Waals surface area contributed by atoms with E-state index in [4.69, 9.17) is 16.3 Å². The minimum Gasteiger partial charge on any atom is -0.381 e. The predicted molar refractivity (Wildman–Crippen MR) is 90.8 cm³/mol. The highest BCUT2D eigenvalue weighted by Gasteiger charge is 2.40. The van der Waals surface area contributed by atoms with Gasteiger partial charge in [-0.25, -0.2) is 9.82 Å². The zero-order chi connectivity index (χ0) is 18.0. The van der Waals surface area contributed by atoms with Gasteiger partial charge in [0, 0.05) is 45.6 Å². The van der Waals surface area contributed by atoms with Crippen molar-refractivity contribution in [3.63, 3.8) is 0 Å². The number of hydrazine groups is 1. The van der Waals surface area contributed by atoms with E-state index in [1.54, 1.807) is 7.11 Å². The van der Waals surface area contributed by atoms with Gasteiger partial charge in [0.15, 0.2) is 0 Å². The second-order valence-electron chi connectivity index (χ2n) is 7.09. The second-order valence-corrected chi connectivity index (χ2v) is 7.65. The molecule has 7 nitrogen and oxygen atoms in total. The monoisotopic (exact) mass is 376 g/mol. The van der Waals surface area contributed by atoms with Gasteiger partial charge in [-0.1, -0.05) is 0 Å². The highest BCUT2D eigenvalue weighted by atomic mass is 35.5. The number of nitrogens with one attached hydrogen (secondary N) is 2. The van der Waals surface area contributed by atoms with Gasteiger partial charge >= 0.3 is 0 Å². The Morgan fingerprint density at radius 3 is 2.80 bits per heavy atom. The lowest BCUT2D eigenvalue weighted by Gasteiger charge is -2.43. The maximum absolute atomic E-state index is 13.6. The summed E-state index contributed by atoms with van der Waals surface area (Å²) in [6, 6.07) is -0.497. The van der Waals surface area contributed by atoms with E-state index < -0.39 is 12.2 Å². The maximum atomic E-state index is 13.6. The van der Waals surface area contributed by atoms with Crippen molar-refractivity contribution in [2.24, 2.45) is 5.92 Å². The van der Waals surface area contributed by atoms with E-state index in [9.17, 15) is 14.0 Å². The van der Waals surface area contributed by atoms with Crippen molar-refractivity contribution in [1.29, 1.82) is 0 Å². The van der Waals surface area contributed by atoms with Crippen LogP contribution in [-0.2, 0) is 14.3 Å². The van der Waals surface area contributed by atoms with Gasteiger partial charge in [0.05, 0.1) is 18.0 Å². The average Bonchev–Trinajstić information content (AvgIpc) is 2.58. The highest BCUT2D eigenvalue weighted by Crippen LogP contribution is 2.30. The van der Waals surface area contributed by atoms with E-state index in [0.29, 0.717) is 39.0 Å². The van der Waals surface area contributed by atoms with Crippen molar-refractivity contribution in [2.45, 2.75) is 43.0 Å². The van der Waals surface area contributed by atoms with Gasteiger partial charge in [0.1, 0.15) is 12.2 Å². The molecule has 0 radical (unpaired) electrons. The van der Waals surface area contributed by atoms with Crippen LogP contribution in [0, 0.1) is 5.92 Å². The number of carbonyl (C=O) groups is 2. The molecule has 9 heteroatoms. The van der Waals surface area contributed by atoms with Crippen LogP contribution in [-0.4, -0.2) is 85.1 Å². The molecular weight excluding hydrogens is 351 g/mol. The van der Waals surface area contributed by atoms with Gasteiger partial charge in [-0.15, -0.1) is 11.6 Å². The fourth-order valence-corrected chi connectivity index (χ4v) is 4.41. The molecule has 2 amide bonds. The Morgan fingerprint density at radius 1 is 1.32 bits per heavy atom. The van der Waals surface area contributed by atoms with Gasteiger partial charge in [0.25, 0.3) is 5.91 Å². The first-order chi connectivity index (χ1) is 12.0.